The largest absolute Gasteiger partial charge is 0.336 e. The maximum atomic E-state index is 13.2. The van der Waals surface area contributed by atoms with Gasteiger partial charge in [0.25, 0.3) is 0 Å². The number of piperidine rings is 2. The summed E-state index contributed by atoms with van der Waals surface area (Å²) in [7, 11) is -6.61. The van der Waals surface area contributed by atoms with E-state index in [9.17, 15) is 21.6 Å². The van der Waals surface area contributed by atoms with Crippen LogP contribution in [0.2, 0.25) is 0 Å². The van der Waals surface area contributed by atoms with E-state index in [1.807, 2.05) is 4.90 Å². The number of carbonyl (C=O) groups is 1. The summed E-state index contributed by atoms with van der Waals surface area (Å²) in [5.41, 5.74) is 0. The highest BCUT2D eigenvalue weighted by Crippen LogP contribution is 2.41. The van der Waals surface area contributed by atoms with Crippen LogP contribution >= 0.6 is 0 Å². The van der Waals surface area contributed by atoms with Crippen molar-refractivity contribution in [1.82, 2.24) is 9.21 Å². The third-order valence-corrected chi connectivity index (χ3v) is 10.2. The molecule has 3 saturated heterocycles. The van der Waals surface area contributed by atoms with Crippen molar-refractivity contribution in [3.05, 3.63) is 30.3 Å². The van der Waals surface area contributed by atoms with Crippen LogP contribution in [-0.4, -0.2) is 68.6 Å². The number of hydrogen-bond acceptors (Lipinski definition) is 5. The summed E-state index contributed by atoms with van der Waals surface area (Å²) in [5, 5.41) is -0.446. The molecule has 3 aliphatic rings. The van der Waals surface area contributed by atoms with E-state index < -0.39 is 25.1 Å². The Balaban J connectivity index is 1.44. The molecule has 2 atom stereocenters. The zero-order valence-corrected chi connectivity index (χ0v) is 18.2. The lowest BCUT2D eigenvalue weighted by molar-refractivity contribution is -0.141. The maximum Gasteiger partial charge on any atom is 0.226 e. The molecule has 29 heavy (non-hydrogen) atoms. The molecular weight excluding hydrogens is 412 g/mol. The van der Waals surface area contributed by atoms with Crippen molar-refractivity contribution in [2.75, 3.05) is 19.3 Å². The summed E-state index contributed by atoms with van der Waals surface area (Å²) in [6.45, 7) is 0.757. The Kier molecular flexibility index (Phi) is 5.50. The number of sulfone groups is 1. The van der Waals surface area contributed by atoms with Crippen molar-refractivity contribution < 1.29 is 21.6 Å². The quantitative estimate of drug-likeness (QED) is 0.710. The van der Waals surface area contributed by atoms with Gasteiger partial charge in [0.2, 0.25) is 15.9 Å². The van der Waals surface area contributed by atoms with E-state index in [2.05, 4.69) is 0 Å². The second-order valence-corrected chi connectivity index (χ2v) is 12.7. The van der Waals surface area contributed by atoms with Crippen molar-refractivity contribution >= 4 is 25.8 Å². The standard InChI is InChI=1S/C20H28N2O5S2/c1-28(24,25)21-11-9-15(10-12-21)20(23)22-16-7-8-17(22)14-19(13-16)29(26,27)18-5-3-2-4-6-18/h2-6,15-17,19H,7-14H2,1H3. The van der Waals surface area contributed by atoms with Gasteiger partial charge in [-0.15, -0.1) is 0 Å². The predicted molar refractivity (Wildman–Crippen MR) is 109 cm³/mol. The SMILES string of the molecule is CS(=O)(=O)N1CCC(C(=O)N2C3CCC2CC(S(=O)(=O)c2ccccc2)C3)CC1. The zero-order valence-electron chi connectivity index (χ0n) is 16.6. The number of nitrogens with zero attached hydrogens (tertiary/aromatic N) is 2. The third kappa shape index (κ3) is 3.96. The van der Waals surface area contributed by atoms with Crippen molar-refractivity contribution in [3.8, 4) is 0 Å². The molecule has 4 rings (SSSR count). The fourth-order valence-electron chi connectivity index (χ4n) is 5.19. The summed E-state index contributed by atoms with van der Waals surface area (Å²) >= 11 is 0. The summed E-state index contributed by atoms with van der Waals surface area (Å²) in [6.07, 6.45) is 4.94. The van der Waals surface area contributed by atoms with E-state index in [1.54, 1.807) is 30.3 Å². The first-order chi connectivity index (χ1) is 13.7. The minimum absolute atomic E-state index is 0.0299. The summed E-state index contributed by atoms with van der Waals surface area (Å²) < 4.78 is 50.9. The molecule has 0 aliphatic carbocycles. The lowest BCUT2D eigenvalue weighted by Crippen LogP contribution is -2.53. The molecule has 3 aliphatic heterocycles. The molecule has 2 unspecified atom stereocenters. The van der Waals surface area contributed by atoms with Gasteiger partial charge in [0.05, 0.1) is 16.4 Å². The Hall–Kier alpha value is -1.45. The molecule has 0 aromatic heterocycles. The molecule has 0 N–H and O–H groups in total. The average molecular weight is 441 g/mol. The van der Waals surface area contributed by atoms with Gasteiger partial charge in [-0.1, -0.05) is 18.2 Å². The Morgan fingerprint density at radius 1 is 0.897 bits per heavy atom. The number of amides is 1. The normalized spacial score (nSPS) is 29.1. The van der Waals surface area contributed by atoms with E-state index in [0.717, 1.165) is 12.8 Å². The molecule has 0 spiro atoms. The van der Waals surface area contributed by atoms with Crippen LogP contribution in [0.3, 0.4) is 0 Å². The average Bonchev–Trinajstić information content (AvgIpc) is 2.96. The number of benzene rings is 1. The van der Waals surface area contributed by atoms with E-state index >= 15 is 0 Å². The summed E-state index contributed by atoms with van der Waals surface area (Å²) in [5.74, 6) is -0.0837. The maximum absolute atomic E-state index is 13.2. The van der Waals surface area contributed by atoms with Crippen LogP contribution in [0, 0.1) is 5.92 Å². The van der Waals surface area contributed by atoms with Gasteiger partial charge in [0.15, 0.2) is 9.84 Å². The molecule has 1 amide bonds. The van der Waals surface area contributed by atoms with Crippen LogP contribution in [0.15, 0.2) is 35.2 Å². The Labute approximate surface area is 173 Å². The van der Waals surface area contributed by atoms with Gasteiger partial charge in [0, 0.05) is 31.1 Å². The summed E-state index contributed by atoms with van der Waals surface area (Å²) in [4.78, 5) is 15.5. The van der Waals surface area contributed by atoms with Gasteiger partial charge in [-0.25, -0.2) is 21.1 Å². The van der Waals surface area contributed by atoms with Gasteiger partial charge in [-0.3, -0.25) is 4.79 Å². The minimum atomic E-state index is -3.40. The number of sulfonamides is 1. The van der Waals surface area contributed by atoms with E-state index in [4.69, 9.17) is 0 Å². The van der Waals surface area contributed by atoms with Crippen molar-refractivity contribution in [3.63, 3.8) is 0 Å². The van der Waals surface area contributed by atoms with Crippen LogP contribution in [0.5, 0.6) is 0 Å². The predicted octanol–water partition coefficient (Wildman–Crippen LogP) is 1.65. The fraction of sp³-hybridized carbons (Fsp3) is 0.650. The molecule has 1 aromatic rings. The van der Waals surface area contributed by atoms with Crippen LogP contribution in [0.1, 0.15) is 38.5 Å². The Morgan fingerprint density at radius 2 is 1.45 bits per heavy atom. The second kappa shape index (κ2) is 7.67. The minimum Gasteiger partial charge on any atom is -0.336 e. The fourth-order valence-corrected chi connectivity index (χ4v) is 7.93. The van der Waals surface area contributed by atoms with Crippen molar-refractivity contribution in [2.45, 2.75) is 60.8 Å². The lowest BCUT2D eigenvalue weighted by Gasteiger charge is -2.41. The highest BCUT2D eigenvalue weighted by Gasteiger charge is 2.48. The molecule has 0 saturated carbocycles. The van der Waals surface area contributed by atoms with E-state index in [1.165, 1.54) is 10.6 Å². The van der Waals surface area contributed by atoms with Gasteiger partial charge >= 0.3 is 0 Å². The first kappa shape index (κ1) is 20.8. The molecular formula is C20H28N2O5S2. The molecule has 0 radical (unpaired) electrons. The highest BCUT2D eigenvalue weighted by molar-refractivity contribution is 7.92. The van der Waals surface area contributed by atoms with Gasteiger partial charge in [-0.2, -0.15) is 0 Å². The second-order valence-electron chi connectivity index (χ2n) is 8.52. The van der Waals surface area contributed by atoms with Crippen LogP contribution in [0.4, 0.5) is 0 Å². The molecule has 1 aromatic carbocycles. The molecule has 9 heteroatoms. The van der Waals surface area contributed by atoms with Gasteiger partial charge in [0.1, 0.15) is 0 Å². The molecule has 3 heterocycles. The van der Waals surface area contributed by atoms with Crippen LogP contribution in [-0.2, 0) is 24.7 Å². The van der Waals surface area contributed by atoms with Crippen LogP contribution in [0.25, 0.3) is 0 Å². The highest BCUT2D eigenvalue weighted by atomic mass is 32.2. The number of carbonyl (C=O) groups excluding carboxylic acids is 1. The van der Waals surface area contributed by atoms with Gasteiger partial charge in [-0.05, 0) is 50.7 Å². The van der Waals surface area contributed by atoms with Crippen LogP contribution < -0.4 is 0 Å². The topological polar surface area (TPSA) is 91.8 Å². The lowest BCUT2D eigenvalue weighted by atomic mass is 9.93. The number of hydrogen-bond donors (Lipinski definition) is 0. The van der Waals surface area contributed by atoms with Gasteiger partial charge < -0.3 is 4.90 Å². The Morgan fingerprint density at radius 3 is 1.97 bits per heavy atom. The first-order valence-electron chi connectivity index (χ1n) is 10.2. The van der Waals surface area contributed by atoms with Crippen molar-refractivity contribution in [2.24, 2.45) is 5.92 Å². The van der Waals surface area contributed by atoms with E-state index in [0.29, 0.717) is 43.7 Å². The summed E-state index contributed by atoms with van der Waals surface area (Å²) in [6, 6.07) is 8.51. The monoisotopic (exact) mass is 440 g/mol. The third-order valence-electron chi connectivity index (χ3n) is 6.73. The molecule has 7 nitrogen and oxygen atoms in total. The Bertz CT molecular complexity index is 955. The molecule has 3 fully saturated rings. The number of fused-ring (bicyclic) bond motifs is 2. The first-order valence-corrected chi connectivity index (χ1v) is 13.6. The zero-order chi connectivity index (χ0) is 20.8. The van der Waals surface area contributed by atoms with E-state index in [-0.39, 0.29) is 23.9 Å². The molecule has 2 bridgehead atoms. The molecule has 160 valence electrons. The number of rotatable bonds is 4. The van der Waals surface area contributed by atoms with Crippen molar-refractivity contribution in [1.29, 1.82) is 0 Å². The smallest absolute Gasteiger partial charge is 0.226 e.